The predicted octanol–water partition coefficient (Wildman–Crippen LogP) is 7.79. The van der Waals surface area contributed by atoms with Gasteiger partial charge in [0, 0.05) is 39.5 Å². The first-order chi connectivity index (χ1) is 17.7. The Morgan fingerprint density at radius 1 is 0.833 bits per heavy atom. The molecule has 4 unspecified atom stereocenters. The normalized spacial score (nSPS) is 31.8. The van der Waals surface area contributed by atoms with Crippen LogP contribution >= 0.6 is 7.14 Å². The van der Waals surface area contributed by atoms with Crippen LogP contribution in [0.15, 0.2) is 77.8 Å². The van der Waals surface area contributed by atoms with Gasteiger partial charge in [-0.05, 0) is 60.8 Å². The number of nitrogens with one attached hydrogen (secondary N) is 1. The van der Waals surface area contributed by atoms with Crippen molar-refractivity contribution in [2.24, 2.45) is 11.8 Å². The van der Waals surface area contributed by atoms with E-state index in [9.17, 15) is 0 Å². The van der Waals surface area contributed by atoms with Gasteiger partial charge in [0.15, 0.2) is 7.14 Å². The summed E-state index contributed by atoms with van der Waals surface area (Å²) >= 11 is 0. The summed E-state index contributed by atoms with van der Waals surface area (Å²) in [6.45, 7) is 0. The maximum absolute atomic E-state index is 15.8. The molecule has 2 nitrogen and oxygen atoms in total. The Bertz CT molecular complexity index is 1310. The minimum absolute atomic E-state index is 0.190. The molecule has 0 spiro atoms. The van der Waals surface area contributed by atoms with Gasteiger partial charge in [-0.2, -0.15) is 0 Å². The second kappa shape index (κ2) is 9.21. The largest absolute Gasteiger partial charge is 0.384 e. The molecule has 36 heavy (non-hydrogen) atoms. The molecule has 0 amide bonds. The van der Waals surface area contributed by atoms with Crippen molar-refractivity contribution in [2.75, 3.05) is 0 Å². The fourth-order valence-electron chi connectivity index (χ4n) is 7.96. The van der Waals surface area contributed by atoms with E-state index in [0.717, 1.165) is 22.3 Å². The van der Waals surface area contributed by atoms with E-state index in [1.165, 1.54) is 86.6 Å². The van der Waals surface area contributed by atoms with E-state index in [1.807, 2.05) is 0 Å². The Hall–Kier alpha value is -2.31. The Kier molecular flexibility index (Phi) is 5.85. The summed E-state index contributed by atoms with van der Waals surface area (Å²) in [4.78, 5) is 0. The summed E-state index contributed by atoms with van der Waals surface area (Å²) in [5.74, 6) is 1.34. The maximum Gasteiger partial charge on any atom is 0.168 e. The van der Waals surface area contributed by atoms with Crippen LogP contribution in [0.3, 0.4) is 0 Å². The van der Waals surface area contributed by atoms with Gasteiger partial charge in [0.25, 0.3) is 0 Å². The Labute approximate surface area is 216 Å². The molecule has 4 atom stereocenters. The van der Waals surface area contributed by atoms with E-state index in [-0.39, 0.29) is 5.92 Å². The van der Waals surface area contributed by atoms with Crippen LogP contribution in [0, 0.1) is 11.8 Å². The minimum atomic E-state index is -2.99. The fourth-order valence-corrected chi connectivity index (χ4v) is 11.2. The van der Waals surface area contributed by atoms with Crippen molar-refractivity contribution in [2.45, 2.75) is 82.6 Å². The molecule has 1 N–H and O–H groups in total. The smallest absolute Gasteiger partial charge is 0.168 e. The van der Waals surface area contributed by atoms with Gasteiger partial charge >= 0.3 is 0 Å². The van der Waals surface area contributed by atoms with Crippen LogP contribution in [0.1, 0.15) is 87.7 Å². The van der Waals surface area contributed by atoms with E-state index < -0.39 is 7.14 Å². The zero-order valence-electron chi connectivity index (χ0n) is 21.3. The lowest BCUT2D eigenvalue weighted by molar-refractivity contribution is 0.351. The highest BCUT2D eigenvalue weighted by molar-refractivity contribution is 7.82. The summed E-state index contributed by atoms with van der Waals surface area (Å²) in [5.41, 5.74) is 5.53. The third-order valence-electron chi connectivity index (χ3n) is 9.71. The maximum atomic E-state index is 15.8. The van der Waals surface area contributed by atoms with Gasteiger partial charge in [0.2, 0.25) is 0 Å². The Balaban J connectivity index is 1.42. The number of hydrogen-bond donors (Lipinski definition) is 1. The number of allylic oxidation sites excluding steroid dienone is 4. The highest BCUT2D eigenvalue weighted by atomic mass is 31.2. The molecule has 7 rings (SSSR count). The second-order valence-corrected chi connectivity index (χ2v) is 14.4. The van der Waals surface area contributed by atoms with Crippen molar-refractivity contribution in [3.8, 4) is 0 Å². The van der Waals surface area contributed by atoms with Crippen molar-refractivity contribution in [3.63, 3.8) is 0 Å². The minimum Gasteiger partial charge on any atom is -0.384 e. The Morgan fingerprint density at radius 3 is 2.53 bits per heavy atom. The lowest BCUT2D eigenvalue weighted by Gasteiger charge is -2.32. The first-order valence-corrected chi connectivity index (χ1v) is 16.1. The number of hydrogen-bond acceptors (Lipinski definition) is 2. The first kappa shape index (κ1) is 22.9. The molecule has 5 aliphatic rings. The molecule has 2 aliphatic heterocycles. The number of benzene rings is 2. The van der Waals surface area contributed by atoms with Crippen LogP contribution < -0.4 is 15.9 Å². The predicted molar refractivity (Wildman–Crippen MR) is 151 cm³/mol. The SMILES string of the molecule is O=P1(c2cccc(C3CCCCCC3)c2)C2=CC=CCC2C2=C(c3ccccc31)C1CCCCC1N2. The van der Waals surface area contributed by atoms with E-state index in [2.05, 4.69) is 72.1 Å². The van der Waals surface area contributed by atoms with Gasteiger partial charge < -0.3 is 9.88 Å². The quantitative estimate of drug-likeness (QED) is 0.340. The lowest BCUT2D eigenvalue weighted by atomic mass is 9.79. The van der Waals surface area contributed by atoms with Gasteiger partial charge in [0.05, 0.1) is 0 Å². The first-order valence-electron chi connectivity index (χ1n) is 14.4. The molecule has 0 radical (unpaired) electrons. The molecule has 2 fully saturated rings. The molecule has 3 aliphatic carbocycles. The molecule has 2 aromatic rings. The summed E-state index contributed by atoms with van der Waals surface area (Å²) in [6.07, 6.45) is 20.6. The topological polar surface area (TPSA) is 29.1 Å². The highest BCUT2D eigenvalue weighted by Gasteiger charge is 2.48. The average Bonchev–Trinajstić information content (AvgIpc) is 3.06. The summed E-state index contributed by atoms with van der Waals surface area (Å²) < 4.78 is 15.8. The lowest BCUT2D eigenvalue weighted by Crippen LogP contribution is -2.34. The second-order valence-electron chi connectivity index (χ2n) is 11.7. The van der Waals surface area contributed by atoms with Crippen molar-refractivity contribution < 1.29 is 4.57 Å². The van der Waals surface area contributed by atoms with Crippen molar-refractivity contribution >= 4 is 23.3 Å². The summed E-state index contributed by atoms with van der Waals surface area (Å²) in [6, 6.07) is 18.3. The molecule has 2 saturated carbocycles. The van der Waals surface area contributed by atoms with Gasteiger partial charge in [-0.25, -0.2) is 0 Å². The number of fused-ring (bicyclic) bond motifs is 6. The monoisotopic (exact) mass is 495 g/mol. The molecule has 186 valence electrons. The highest BCUT2D eigenvalue weighted by Crippen LogP contribution is 2.63. The molecule has 0 saturated heterocycles. The third kappa shape index (κ3) is 3.55. The third-order valence-corrected chi connectivity index (χ3v) is 13.0. The zero-order valence-corrected chi connectivity index (χ0v) is 22.2. The van der Waals surface area contributed by atoms with Crippen LogP contribution in [-0.4, -0.2) is 6.04 Å². The van der Waals surface area contributed by atoms with Crippen LogP contribution in [0.5, 0.6) is 0 Å². The molecule has 0 bridgehead atoms. The van der Waals surface area contributed by atoms with E-state index in [4.69, 9.17) is 0 Å². The van der Waals surface area contributed by atoms with Gasteiger partial charge in [0.1, 0.15) is 0 Å². The molecular weight excluding hydrogens is 457 g/mol. The van der Waals surface area contributed by atoms with Crippen LogP contribution in [0.25, 0.3) is 5.57 Å². The molecule has 2 heterocycles. The van der Waals surface area contributed by atoms with E-state index >= 15 is 4.57 Å². The van der Waals surface area contributed by atoms with Crippen LogP contribution in [-0.2, 0) is 4.57 Å². The molecule has 3 heteroatoms. The van der Waals surface area contributed by atoms with Crippen LogP contribution in [0.2, 0.25) is 0 Å². The van der Waals surface area contributed by atoms with Gasteiger partial charge in [-0.15, -0.1) is 0 Å². The fraction of sp³-hybridized carbons (Fsp3) is 0.455. The average molecular weight is 496 g/mol. The van der Waals surface area contributed by atoms with Crippen molar-refractivity contribution in [3.05, 3.63) is 88.9 Å². The van der Waals surface area contributed by atoms with Crippen molar-refractivity contribution in [1.82, 2.24) is 5.32 Å². The summed E-state index contributed by atoms with van der Waals surface area (Å²) in [7, 11) is -2.99. The molecule has 2 aromatic carbocycles. The Morgan fingerprint density at radius 2 is 1.64 bits per heavy atom. The van der Waals surface area contributed by atoms with Gasteiger partial charge in [-0.1, -0.05) is 99.2 Å². The zero-order chi connectivity index (χ0) is 24.1. The molecular formula is C33H38NOP. The molecule has 0 aromatic heterocycles. The van der Waals surface area contributed by atoms with E-state index in [0.29, 0.717) is 17.9 Å². The van der Waals surface area contributed by atoms with Crippen LogP contribution in [0.4, 0.5) is 0 Å². The van der Waals surface area contributed by atoms with Crippen molar-refractivity contribution in [1.29, 1.82) is 0 Å². The standard InChI is InChI=1S/C33H38NOP/c35-36(25-15-11-14-24(22-25)23-12-3-1-2-4-13-23)30-20-9-6-17-27(30)32-26-16-5-8-19-29(26)34-33(32)28-18-7-10-21-31(28)36/h6-7,9-11,14-15,17,20-23,26,28-29,34H,1-5,8,12-13,16,18-19H2. The number of rotatable bonds is 2. The summed E-state index contributed by atoms with van der Waals surface area (Å²) in [5, 5.41) is 7.29. The van der Waals surface area contributed by atoms with E-state index in [1.54, 1.807) is 0 Å². The van der Waals surface area contributed by atoms with Gasteiger partial charge in [-0.3, -0.25) is 0 Å².